The molecule has 2 saturated carbocycles. The molecule has 4 heteroatoms. The Bertz CT molecular complexity index is 492. The molecule has 0 bridgehead atoms. The van der Waals surface area contributed by atoms with Crippen LogP contribution >= 0.6 is 0 Å². The lowest BCUT2D eigenvalue weighted by Crippen LogP contribution is -2.35. The first kappa shape index (κ1) is 12.6. The number of carbonyl (C=O) groups excluding carboxylic acids is 2. The minimum atomic E-state index is -0.690. The van der Waals surface area contributed by atoms with Gasteiger partial charge in [-0.25, -0.2) is 4.79 Å². The molecule has 1 N–H and O–H groups in total. The molecule has 1 saturated heterocycles. The van der Waals surface area contributed by atoms with E-state index in [0.717, 1.165) is 5.57 Å². The van der Waals surface area contributed by atoms with E-state index in [2.05, 4.69) is 13.2 Å². The number of Topliss-reactive ketones (excluding diaryl/α,β-unsaturated/α-hetero) is 1. The third-order valence-electron chi connectivity index (χ3n) is 5.02. The highest BCUT2D eigenvalue weighted by atomic mass is 16.6. The molecule has 6 atom stereocenters. The van der Waals surface area contributed by atoms with Crippen molar-refractivity contribution < 1.29 is 19.4 Å². The summed E-state index contributed by atoms with van der Waals surface area (Å²) < 4.78 is 5.42. The van der Waals surface area contributed by atoms with Crippen molar-refractivity contribution >= 4 is 11.8 Å². The fourth-order valence-electron chi connectivity index (χ4n) is 3.95. The lowest BCUT2D eigenvalue weighted by Gasteiger charge is -2.28. The van der Waals surface area contributed by atoms with E-state index in [-0.39, 0.29) is 23.5 Å². The zero-order chi connectivity index (χ0) is 13.9. The van der Waals surface area contributed by atoms with Gasteiger partial charge in [-0.2, -0.15) is 0 Å². The Labute approximate surface area is 112 Å². The van der Waals surface area contributed by atoms with Gasteiger partial charge in [0.1, 0.15) is 11.9 Å². The van der Waals surface area contributed by atoms with E-state index in [1.54, 1.807) is 0 Å². The Morgan fingerprint density at radius 3 is 2.63 bits per heavy atom. The fraction of sp³-hybridized carbons (Fsp3) is 0.600. The predicted molar refractivity (Wildman–Crippen MR) is 68.0 cm³/mol. The Kier molecular flexibility index (Phi) is 2.68. The normalized spacial score (nSPS) is 45.8. The summed E-state index contributed by atoms with van der Waals surface area (Å²) in [5, 5.41) is 10.3. The molecule has 0 amide bonds. The van der Waals surface area contributed by atoms with E-state index in [4.69, 9.17) is 4.74 Å². The number of hydrogen-bond acceptors (Lipinski definition) is 4. The van der Waals surface area contributed by atoms with Crippen LogP contribution in [0, 0.1) is 23.7 Å². The molecular weight excluding hydrogens is 244 g/mol. The summed E-state index contributed by atoms with van der Waals surface area (Å²) in [6.45, 7) is 9.65. The van der Waals surface area contributed by atoms with Gasteiger partial charge in [0.2, 0.25) is 0 Å². The molecule has 3 fully saturated rings. The van der Waals surface area contributed by atoms with Crippen LogP contribution in [0.3, 0.4) is 0 Å². The molecule has 0 aromatic heterocycles. The molecule has 3 rings (SSSR count). The molecule has 0 aromatic carbocycles. The second-order valence-electron chi connectivity index (χ2n) is 5.99. The van der Waals surface area contributed by atoms with Gasteiger partial charge in [-0.3, -0.25) is 4.79 Å². The largest absolute Gasteiger partial charge is 0.458 e. The van der Waals surface area contributed by atoms with Crippen LogP contribution in [-0.2, 0) is 14.3 Å². The fourth-order valence-corrected chi connectivity index (χ4v) is 3.95. The molecule has 3 unspecified atom stereocenters. The summed E-state index contributed by atoms with van der Waals surface area (Å²) in [5.41, 5.74) is 1.23. The summed E-state index contributed by atoms with van der Waals surface area (Å²) >= 11 is 0. The van der Waals surface area contributed by atoms with Gasteiger partial charge >= 0.3 is 5.97 Å². The monoisotopic (exact) mass is 262 g/mol. The number of aliphatic hydroxyl groups excluding tert-OH is 1. The smallest absolute Gasteiger partial charge is 0.334 e. The Morgan fingerprint density at radius 1 is 1.26 bits per heavy atom. The highest BCUT2D eigenvalue weighted by Gasteiger charge is 2.56. The van der Waals surface area contributed by atoms with Crippen molar-refractivity contribution in [2.75, 3.05) is 0 Å². The van der Waals surface area contributed by atoms with Crippen molar-refractivity contribution in [3.05, 3.63) is 24.3 Å². The summed E-state index contributed by atoms with van der Waals surface area (Å²) in [6, 6.07) is 0. The molecule has 102 valence electrons. The van der Waals surface area contributed by atoms with Crippen LogP contribution in [0.25, 0.3) is 0 Å². The summed E-state index contributed by atoms with van der Waals surface area (Å²) in [7, 11) is 0. The molecular formula is C15H18O4. The summed E-state index contributed by atoms with van der Waals surface area (Å²) in [6.07, 6.45) is -0.257. The van der Waals surface area contributed by atoms with Gasteiger partial charge < -0.3 is 9.84 Å². The van der Waals surface area contributed by atoms with Crippen molar-refractivity contribution in [3.8, 4) is 0 Å². The van der Waals surface area contributed by atoms with Gasteiger partial charge in [-0.1, -0.05) is 25.7 Å². The molecule has 4 nitrogen and oxygen atoms in total. The van der Waals surface area contributed by atoms with Crippen LogP contribution in [0.2, 0.25) is 0 Å². The average Bonchev–Trinajstić information content (AvgIpc) is 2.75. The molecule has 0 spiro atoms. The van der Waals surface area contributed by atoms with E-state index in [1.165, 1.54) is 0 Å². The van der Waals surface area contributed by atoms with Gasteiger partial charge in [0, 0.05) is 23.8 Å². The molecule has 0 radical (unpaired) electrons. The second-order valence-corrected chi connectivity index (χ2v) is 5.99. The predicted octanol–water partition coefficient (Wildman–Crippen LogP) is 1.25. The van der Waals surface area contributed by atoms with E-state index in [9.17, 15) is 14.7 Å². The van der Waals surface area contributed by atoms with Crippen molar-refractivity contribution in [3.63, 3.8) is 0 Å². The second kappa shape index (κ2) is 4.04. The van der Waals surface area contributed by atoms with Gasteiger partial charge in [0.05, 0.1) is 12.0 Å². The third kappa shape index (κ3) is 1.62. The topological polar surface area (TPSA) is 63.6 Å². The Hall–Kier alpha value is -1.42. The minimum Gasteiger partial charge on any atom is -0.458 e. The van der Waals surface area contributed by atoms with Crippen molar-refractivity contribution in [2.45, 2.75) is 32.0 Å². The maximum Gasteiger partial charge on any atom is 0.334 e. The zero-order valence-electron chi connectivity index (χ0n) is 11.0. The molecule has 3 aliphatic rings. The highest BCUT2D eigenvalue weighted by molar-refractivity contribution is 5.91. The zero-order valence-corrected chi connectivity index (χ0v) is 11.0. The van der Waals surface area contributed by atoms with E-state index in [0.29, 0.717) is 18.4 Å². The SMILES string of the molecule is C=C1C[C@H](O)C2C(=C)C(=O)O[C@@H]2C2C1CC(=O)[C@H]2C. The van der Waals surface area contributed by atoms with Gasteiger partial charge in [0.25, 0.3) is 0 Å². The first-order chi connectivity index (χ1) is 8.91. The maximum absolute atomic E-state index is 12.0. The first-order valence-electron chi connectivity index (χ1n) is 6.70. The lowest BCUT2D eigenvalue weighted by molar-refractivity contribution is -0.143. The van der Waals surface area contributed by atoms with Gasteiger partial charge in [-0.05, 0) is 12.3 Å². The molecule has 2 aliphatic carbocycles. The van der Waals surface area contributed by atoms with Gasteiger partial charge in [-0.15, -0.1) is 0 Å². The summed E-state index contributed by atoms with van der Waals surface area (Å²) in [4.78, 5) is 23.7. The lowest BCUT2D eigenvalue weighted by atomic mass is 9.79. The first-order valence-corrected chi connectivity index (χ1v) is 6.70. The van der Waals surface area contributed by atoms with Crippen LogP contribution in [0.4, 0.5) is 0 Å². The highest BCUT2D eigenvalue weighted by Crippen LogP contribution is 2.51. The molecule has 0 aromatic rings. The van der Waals surface area contributed by atoms with Crippen LogP contribution in [0.5, 0.6) is 0 Å². The minimum absolute atomic E-state index is 0.0193. The van der Waals surface area contributed by atoms with E-state index in [1.807, 2.05) is 6.92 Å². The standard InChI is InChI=1S/C15H18O4/c1-6-4-11(17)13-8(3)15(18)19-14(13)12-7(2)10(16)5-9(6)12/h7,9,11-14,17H,1,3-5H2,2H3/t7-,9?,11+,12?,13?,14-/m1/s1. The number of ether oxygens (including phenoxy) is 1. The van der Waals surface area contributed by atoms with Crippen molar-refractivity contribution in [1.82, 2.24) is 0 Å². The van der Waals surface area contributed by atoms with Crippen LogP contribution < -0.4 is 0 Å². The number of fused-ring (bicyclic) bond motifs is 3. The van der Waals surface area contributed by atoms with E-state index >= 15 is 0 Å². The number of hydrogen-bond donors (Lipinski definition) is 1. The average molecular weight is 262 g/mol. The molecule has 1 heterocycles. The summed E-state index contributed by atoms with van der Waals surface area (Å²) in [5.74, 6) is -0.839. The number of rotatable bonds is 0. The van der Waals surface area contributed by atoms with E-state index < -0.39 is 24.1 Å². The number of esters is 1. The molecule has 19 heavy (non-hydrogen) atoms. The van der Waals surface area contributed by atoms with Crippen molar-refractivity contribution in [2.24, 2.45) is 23.7 Å². The Morgan fingerprint density at radius 2 is 1.95 bits per heavy atom. The van der Waals surface area contributed by atoms with Crippen LogP contribution in [0.15, 0.2) is 24.3 Å². The van der Waals surface area contributed by atoms with Gasteiger partial charge in [0.15, 0.2) is 0 Å². The van der Waals surface area contributed by atoms with Crippen LogP contribution in [-0.4, -0.2) is 29.1 Å². The van der Waals surface area contributed by atoms with Crippen LogP contribution in [0.1, 0.15) is 19.8 Å². The number of ketones is 1. The molecule has 1 aliphatic heterocycles. The number of carbonyl (C=O) groups is 2. The Balaban J connectivity index is 2.05. The third-order valence-corrected chi connectivity index (χ3v) is 5.02. The van der Waals surface area contributed by atoms with Crippen molar-refractivity contribution in [1.29, 1.82) is 0 Å². The quantitative estimate of drug-likeness (QED) is 0.405. The number of aliphatic hydroxyl groups is 1. The maximum atomic E-state index is 12.0.